The van der Waals surface area contributed by atoms with E-state index >= 15 is 0 Å². The molecule has 4 nitrogen and oxygen atoms in total. The predicted molar refractivity (Wildman–Crippen MR) is 109 cm³/mol. The fourth-order valence-corrected chi connectivity index (χ4v) is 3.59. The Morgan fingerprint density at radius 1 is 1.00 bits per heavy atom. The van der Waals surface area contributed by atoms with Crippen molar-refractivity contribution in [3.05, 3.63) is 70.2 Å². The van der Waals surface area contributed by atoms with E-state index < -0.39 is 0 Å². The second-order valence-electron chi connectivity index (χ2n) is 6.92. The Balaban J connectivity index is 1.41. The molecule has 0 spiro atoms. The van der Waals surface area contributed by atoms with Gasteiger partial charge in [-0.15, -0.1) is 0 Å². The molecule has 1 heterocycles. The van der Waals surface area contributed by atoms with Crippen LogP contribution in [0.1, 0.15) is 28.4 Å². The van der Waals surface area contributed by atoms with E-state index in [1.54, 1.807) is 0 Å². The molecule has 0 N–H and O–H groups in total. The minimum Gasteiger partial charge on any atom is -0.462 e. The van der Waals surface area contributed by atoms with Gasteiger partial charge in [-0.05, 0) is 48.7 Å². The van der Waals surface area contributed by atoms with Gasteiger partial charge in [-0.25, -0.2) is 4.79 Å². The van der Waals surface area contributed by atoms with E-state index in [9.17, 15) is 4.79 Å². The summed E-state index contributed by atoms with van der Waals surface area (Å²) >= 11 is 6.08. The molecule has 0 unspecified atom stereocenters. The SMILES string of the molecule is CCOC(=O)c1ccc(CCN2CCN(Cc3cccc(Cl)c3)CC2)cc1. The van der Waals surface area contributed by atoms with Crippen LogP contribution in [0.15, 0.2) is 48.5 Å². The van der Waals surface area contributed by atoms with Gasteiger partial charge in [0, 0.05) is 44.3 Å². The molecular weight excluding hydrogens is 360 g/mol. The lowest BCUT2D eigenvalue weighted by molar-refractivity contribution is 0.0526. The summed E-state index contributed by atoms with van der Waals surface area (Å²) in [6.07, 6.45) is 0.997. The second kappa shape index (κ2) is 9.88. The molecule has 0 saturated carbocycles. The van der Waals surface area contributed by atoms with Crippen molar-refractivity contribution in [2.75, 3.05) is 39.3 Å². The number of ether oxygens (including phenoxy) is 1. The first-order chi connectivity index (χ1) is 13.1. The molecule has 5 heteroatoms. The maximum Gasteiger partial charge on any atom is 0.338 e. The molecule has 0 aromatic heterocycles. The highest BCUT2D eigenvalue weighted by molar-refractivity contribution is 6.30. The normalized spacial score (nSPS) is 15.6. The summed E-state index contributed by atoms with van der Waals surface area (Å²) < 4.78 is 5.02. The van der Waals surface area contributed by atoms with Crippen molar-refractivity contribution in [1.29, 1.82) is 0 Å². The number of carbonyl (C=O) groups excluding carboxylic acids is 1. The smallest absolute Gasteiger partial charge is 0.338 e. The van der Waals surface area contributed by atoms with Crippen molar-refractivity contribution >= 4 is 17.6 Å². The largest absolute Gasteiger partial charge is 0.462 e. The van der Waals surface area contributed by atoms with Crippen LogP contribution >= 0.6 is 11.6 Å². The van der Waals surface area contributed by atoms with Gasteiger partial charge in [-0.1, -0.05) is 35.9 Å². The van der Waals surface area contributed by atoms with E-state index in [1.807, 2.05) is 49.4 Å². The third kappa shape index (κ3) is 6.06. The molecule has 3 rings (SSSR count). The maximum atomic E-state index is 11.7. The summed E-state index contributed by atoms with van der Waals surface area (Å²) in [6.45, 7) is 8.56. The number of hydrogen-bond donors (Lipinski definition) is 0. The summed E-state index contributed by atoms with van der Waals surface area (Å²) in [5.74, 6) is -0.250. The first kappa shape index (κ1) is 19.9. The summed E-state index contributed by atoms with van der Waals surface area (Å²) in [6, 6.07) is 15.9. The third-order valence-electron chi connectivity index (χ3n) is 4.94. The minimum absolute atomic E-state index is 0.250. The lowest BCUT2D eigenvalue weighted by atomic mass is 10.1. The van der Waals surface area contributed by atoms with E-state index in [0.29, 0.717) is 12.2 Å². The van der Waals surface area contributed by atoms with Gasteiger partial charge in [-0.3, -0.25) is 4.90 Å². The van der Waals surface area contributed by atoms with Crippen molar-refractivity contribution in [2.24, 2.45) is 0 Å². The molecule has 2 aromatic carbocycles. The number of esters is 1. The number of piperazine rings is 1. The second-order valence-corrected chi connectivity index (χ2v) is 7.35. The fraction of sp³-hybridized carbons (Fsp3) is 0.409. The topological polar surface area (TPSA) is 32.8 Å². The average Bonchev–Trinajstić information content (AvgIpc) is 2.68. The van der Waals surface area contributed by atoms with Gasteiger partial charge in [0.2, 0.25) is 0 Å². The highest BCUT2D eigenvalue weighted by Crippen LogP contribution is 2.14. The van der Waals surface area contributed by atoms with Crippen LogP contribution in [-0.2, 0) is 17.7 Å². The molecule has 1 aliphatic rings. The average molecular weight is 387 g/mol. The summed E-state index contributed by atoms with van der Waals surface area (Å²) in [4.78, 5) is 16.7. The van der Waals surface area contributed by atoms with Crippen LogP contribution in [-0.4, -0.2) is 55.1 Å². The zero-order valence-electron chi connectivity index (χ0n) is 15.9. The summed E-state index contributed by atoms with van der Waals surface area (Å²) in [7, 11) is 0. The first-order valence-corrected chi connectivity index (χ1v) is 9.97. The van der Waals surface area contributed by atoms with E-state index in [1.165, 1.54) is 11.1 Å². The quantitative estimate of drug-likeness (QED) is 0.676. The van der Waals surface area contributed by atoms with E-state index in [-0.39, 0.29) is 5.97 Å². The van der Waals surface area contributed by atoms with Gasteiger partial charge >= 0.3 is 5.97 Å². The Morgan fingerprint density at radius 2 is 1.70 bits per heavy atom. The Kier molecular flexibility index (Phi) is 7.27. The molecule has 0 atom stereocenters. The van der Waals surface area contributed by atoms with Crippen LogP contribution < -0.4 is 0 Å². The number of rotatable bonds is 7. The molecule has 0 radical (unpaired) electrons. The van der Waals surface area contributed by atoms with Crippen LogP contribution in [0.25, 0.3) is 0 Å². The fourth-order valence-electron chi connectivity index (χ4n) is 3.37. The van der Waals surface area contributed by atoms with Crippen molar-refractivity contribution < 1.29 is 9.53 Å². The molecular formula is C22H27ClN2O2. The molecule has 1 aliphatic heterocycles. The van der Waals surface area contributed by atoms with Crippen molar-refractivity contribution in [3.8, 4) is 0 Å². The predicted octanol–water partition coefficient (Wildman–Crippen LogP) is 3.88. The van der Waals surface area contributed by atoms with Gasteiger partial charge < -0.3 is 9.64 Å². The maximum absolute atomic E-state index is 11.7. The summed E-state index contributed by atoms with van der Waals surface area (Å²) in [5.41, 5.74) is 3.15. The molecule has 0 amide bonds. The van der Waals surface area contributed by atoms with Crippen LogP contribution in [0.3, 0.4) is 0 Å². The van der Waals surface area contributed by atoms with Gasteiger partial charge in [0.25, 0.3) is 0 Å². The number of halogens is 1. The van der Waals surface area contributed by atoms with Crippen molar-refractivity contribution in [1.82, 2.24) is 9.80 Å². The molecule has 0 aliphatic carbocycles. The number of benzene rings is 2. The van der Waals surface area contributed by atoms with Crippen molar-refractivity contribution in [3.63, 3.8) is 0 Å². The monoisotopic (exact) mass is 386 g/mol. The number of hydrogen-bond acceptors (Lipinski definition) is 4. The first-order valence-electron chi connectivity index (χ1n) is 9.59. The van der Waals surface area contributed by atoms with Crippen LogP contribution in [0.4, 0.5) is 0 Å². The highest BCUT2D eigenvalue weighted by Gasteiger charge is 2.17. The van der Waals surface area contributed by atoms with Crippen molar-refractivity contribution in [2.45, 2.75) is 19.9 Å². The van der Waals surface area contributed by atoms with Crippen LogP contribution in [0, 0.1) is 0 Å². The zero-order valence-corrected chi connectivity index (χ0v) is 16.6. The van der Waals surface area contributed by atoms with E-state index in [0.717, 1.165) is 50.7 Å². The molecule has 2 aromatic rings. The standard InChI is InChI=1S/C22H27ClN2O2/c1-2-27-22(26)20-8-6-18(7-9-20)10-11-24-12-14-25(15-13-24)17-19-4-3-5-21(23)16-19/h3-9,16H,2,10-15,17H2,1H3. The van der Waals surface area contributed by atoms with Crippen LogP contribution in [0.5, 0.6) is 0 Å². The minimum atomic E-state index is -0.250. The van der Waals surface area contributed by atoms with Crippen LogP contribution in [0.2, 0.25) is 5.02 Å². The highest BCUT2D eigenvalue weighted by atomic mass is 35.5. The molecule has 27 heavy (non-hydrogen) atoms. The number of nitrogens with zero attached hydrogens (tertiary/aromatic N) is 2. The Bertz CT molecular complexity index is 740. The van der Waals surface area contributed by atoms with Gasteiger partial charge in [0.1, 0.15) is 0 Å². The third-order valence-corrected chi connectivity index (χ3v) is 5.18. The van der Waals surface area contributed by atoms with E-state index in [2.05, 4.69) is 15.9 Å². The molecule has 0 bridgehead atoms. The Morgan fingerprint density at radius 3 is 2.37 bits per heavy atom. The van der Waals surface area contributed by atoms with E-state index in [4.69, 9.17) is 16.3 Å². The molecule has 144 valence electrons. The van der Waals surface area contributed by atoms with Gasteiger partial charge in [0.15, 0.2) is 0 Å². The Labute approximate surface area is 166 Å². The summed E-state index contributed by atoms with van der Waals surface area (Å²) in [5, 5.41) is 0.806. The van der Waals surface area contributed by atoms with Gasteiger partial charge in [0.05, 0.1) is 12.2 Å². The lowest BCUT2D eigenvalue weighted by Crippen LogP contribution is -2.46. The Hall–Kier alpha value is -1.88. The lowest BCUT2D eigenvalue weighted by Gasteiger charge is -2.34. The molecule has 1 saturated heterocycles. The molecule has 1 fully saturated rings. The zero-order chi connectivity index (χ0) is 19.1. The van der Waals surface area contributed by atoms with Gasteiger partial charge in [-0.2, -0.15) is 0 Å². The number of carbonyl (C=O) groups is 1.